The lowest BCUT2D eigenvalue weighted by molar-refractivity contribution is -0.153. The maximum atomic E-state index is 13.4. The van der Waals surface area contributed by atoms with Crippen molar-refractivity contribution >= 4 is 11.8 Å². The standard InChI is InChI=1S/C13H18F2O3/c1-9(16)12(5-6-18-11(12)17)7-10-3-2-4-13(14,15)8-10/h10H,2-8H2,1H3. The van der Waals surface area contributed by atoms with Crippen LogP contribution in [0.5, 0.6) is 0 Å². The van der Waals surface area contributed by atoms with E-state index in [9.17, 15) is 18.4 Å². The van der Waals surface area contributed by atoms with Crippen molar-refractivity contribution in [3.05, 3.63) is 0 Å². The molecule has 1 saturated carbocycles. The zero-order valence-corrected chi connectivity index (χ0v) is 10.5. The number of halogens is 2. The molecule has 1 saturated heterocycles. The summed E-state index contributed by atoms with van der Waals surface area (Å²) in [4.78, 5) is 23.5. The van der Waals surface area contributed by atoms with Gasteiger partial charge in [0.05, 0.1) is 6.61 Å². The summed E-state index contributed by atoms with van der Waals surface area (Å²) >= 11 is 0. The van der Waals surface area contributed by atoms with Crippen LogP contribution in [0.1, 0.15) is 45.4 Å². The van der Waals surface area contributed by atoms with Gasteiger partial charge in [0.2, 0.25) is 5.92 Å². The zero-order chi connectivity index (χ0) is 13.4. The van der Waals surface area contributed by atoms with E-state index in [1.165, 1.54) is 6.92 Å². The van der Waals surface area contributed by atoms with E-state index in [0.29, 0.717) is 19.3 Å². The van der Waals surface area contributed by atoms with Crippen molar-refractivity contribution in [1.29, 1.82) is 0 Å². The summed E-state index contributed by atoms with van der Waals surface area (Å²) in [5.41, 5.74) is -1.15. The number of rotatable bonds is 3. The highest BCUT2D eigenvalue weighted by Gasteiger charge is 2.51. The van der Waals surface area contributed by atoms with Gasteiger partial charge >= 0.3 is 5.97 Å². The first-order valence-electron chi connectivity index (χ1n) is 6.42. The first-order chi connectivity index (χ1) is 8.36. The predicted molar refractivity (Wildman–Crippen MR) is 60.2 cm³/mol. The second-order valence-electron chi connectivity index (χ2n) is 5.55. The van der Waals surface area contributed by atoms with Crippen molar-refractivity contribution in [3.8, 4) is 0 Å². The Bertz CT molecular complexity index is 367. The van der Waals surface area contributed by atoms with E-state index in [1.807, 2.05) is 0 Å². The Morgan fingerprint density at radius 3 is 2.67 bits per heavy atom. The lowest BCUT2D eigenvalue weighted by Gasteiger charge is -2.33. The molecule has 2 fully saturated rings. The lowest BCUT2D eigenvalue weighted by atomic mass is 9.71. The summed E-state index contributed by atoms with van der Waals surface area (Å²) in [6.07, 6.45) is 1.38. The molecular formula is C13H18F2O3. The number of ether oxygens (including phenoxy) is 1. The Morgan fingerprint density at radius 1 is 1.44 bits per heavy atom. The summed E-state index contributed by atoms with van der Waals surface area (Å²) < 4.78 is 31.6. The molecule has 1 aliphatic heterocycles. The minimum absolute atomic E-state index is 0.0823. The molecular weight excluding hydrogens is 242 g/mol. The molecule has 0 aromatic heterocycles. The van der Waals surface area contributed by atoms with Gasteiger partial charge in [0.1, 0.15) is 11.2 Å². The highest BCUT2D eigenvalue weighted by atomic mass is 19.3. The monoisotopic (exact) mass is 260 g/mol. The minimum Gasteiger partial charge on any atom is -0.465 e. The smallest absolute Gasteiger partial charge is 0.319 e. The van der Waals surface area contributed by atoms with Crippen LogP contribution in [0.3, 0.4) is 0 Å². The first kappa shape index (κ1) is 13.4. The molecule has 1 aliphatic carbocycles. The summed E-state index contributed by atoms with van der Waals surface area (Å²) in [5, 5.41) is 0. The van der Waals surface area contributed by atoms with E-state index in [1.54, 1.807) is 0 Å². The predicted octanol–water partition coefficient (Wildman–Crippen LogP) is 2.72. The number of hydrogen-bond acceptors (Lipinski definition) is 3. The fourth-order valence-corrected chi connectivity index (χ4v) is 3.15. The SMILES string of the molecule is CC(=O)C1(CC2CCCC(F)(F)C2)CCOC1=O. The molecule has 2 rings (SSSR count). The Labute approximate surface area is 105 Å². The van der Waals surface area contributed by atoms with E-state index in [-0.39, 0.29) is 37.6 Å². The maximum absolute atomic E-state index is 13.4. The van der Waals surface area contributed by atoms with Crippen LogP contribution >= 0.6 is 0 Å². The fraction of sp³-hybridized carbons (Fsp3) is 0.846. The number of hydrogen-bond donors (Lipinski definition) is 0. The van der Waals surface area contributed by atoms with Crippen LogP contribution in [0.2, 0.25) is 0 Å². The van der Waals surface area contributed by atoms with Crippen molar-refractivity contribution in [2.45, 2.75) is 51.4 Å². The van der Waals surface area contributed by atoms with Crippen LogP contribution in [0.25, 0.3) is 0 Å². The summed E-state index contributed by atoms with van der Waals surface area (Å²) in [6, 6.07) is 0. The van der Waals surface area contributed by atoms with E-state index in [2.05, 4.69) is 0 Å². The molecule has 2 aliphatic rings. The molecule has 5 heteroatoms. The Hall–Kier alpha value is -1.00. The number of Topliss-reactive ketones (excluding diaryl/α,β-unsaturated/α-hetero) is 1. The molecule has 102 valence electrons. The van der Waals surface area contributed by atoms with Gasteiger partial charge in [-0.15, -0.1) is 0 Å². The van der Waals surface area contributed by atoms with Crippen molar-refractivity contribution in [2.75, 3.05) is 6.61 Å². The number of carbonyl (C=O) groups is 2. The third-order valence-electron chi connectivity index (χ3n) is 4.21. The van der Waals surface area contributed by atoms with E-state index in [0.717, 1.165) is 0 Å². The molecule has 0 aromatic carbocycles. The van der Waals surface area contributed by atoms with Gasteiger partial charge in [-0.25, -0.2) is 8.78 Å². The van der Waals surface area contributed by atoms with Gasteiger partial charge in [0, 0.05) is 19.3 Å². The average molecular weight is 260 g/mol. The van der Waals surface area contributed by atoms with Crippen LogP contribution < -0.4 is 0 Å². The molecule has 2 unspecified atom stereocenters. The molecule has 0 amide bonds. The second kappa shape index (κ2) is 4.59. The van der Waals surface area contributed by atoms with Crippen LogP contribution in [-0.4, -0.2) is 24.3 Å². The number of esters is 1. The quantitative estimate of drug-likeness (QED) is 0.579. The van der Waals surface area contributed by atoms with Crippen LogP contribution in [0.15, 0.2) is 0 Å². The summed E-state index contributed by atoms with van der Waals surface area (Å²) in [6.45, 7) is 1.58. The third-order valence-corrected chi connectivity index (χ3v) is 4.21. The Kier molecular flexibility index (Phi) is 3.43. The van der Waals surface area contributed by atoms with Gasteiger partial charge in [-0.1, -0.05) is 0 Å². The molecule has 18 heavy (non-hydrogen) atoms. The average Bonchev–Trinajstić information content (AvgIpc) is 2.60. The number of carbonyl (C=O) groups excluding carboxylic acids is 2. The molecule has 2 atom stereocenters. The van der Waals surface area contributed by atoms with Crippen molar-refractivity contribution in [3.63, 3.8) is 0 Å². The van der Waals surface area contributed by atoms with Gasteiger partial charge in [-0.05, 0) is 32.1 Å². The number of cyclic esters (lactones) is 1. The van der Waals surface area contributed by atoms with Crippen molar-refractivity contribution < 1.29 is 23.1 Å². The highest BCUT2D eigenvalue weighted by molar-refractivity contribution is 6.03. The topological polar surface area (TPSA) is 43.4 Å². The van der Waals surface area contributed by atoms with Crippen molar-refractivity contribution in [1.82, 2.24) is 0 Å². The number of alkyl halides is 2. The Morgan fingerprint density at radius 2 is 2.17 bits per heavy atom. The largest absolute Gasteiger partial charge is 0.465 e. The Balaban J connectivity index is 2.11. The summed E-state index contributed by atoms with van der Waals surface area (Å²) in [5.74, 6) is -3.69. The fourth-order valence-electron chi connectivity index (χ4n) is 3.15. The third kappa shape index (κ3) is 2.40. The van der Waals surface area contributed by atoms with Gasteiger partial charge in [0.15, 0.2) is 0 Å². The zero-order valence-electron chi connectivity index (χ0n) is 10.5. The number of ketones is 1. The molecule has 0 radical (unpaired) electrons. The van der Waals surface area contributed by atoms with Crippen molar-refractivity contribution in [2.24, 2.45) is 11.3 Å². The molecule has 0 N–H and O–H groups in total. The maximum Gasteiger partial charge on any atom is 0.319 e. The van der Waals surface area contributed by atoms with E-state index >= 15 is 0 Å². The van der Waals surface area contributed by atoms with E-state index < -0.39 is 17.3 Å². The molecule has 0 bridgehead atoms. The van der Waals surface area contributed by atoms with Gasteiger partial charge in [-0.2, -0.15) is 0 Å². The molecule has 1 heterocycles. The molecule has 0 aromatic rings. The van der Waals surface area contributed by atoms with Gasteiger partial charge < -0.3 is 4.74 Å². The summed E-state index contributed by atoms with van der Waals surface area (Å²) in [7, 11) is 0. The first-order valence-corrected chi connectivity index (χ1v) is 6.42. The van der Waals surface area contributed by atoms with Crippen LogP contribution in [-0.2, 0) is 14.3 Å². The van der Waals surface area contributed by atoms with Gasteiger partial charge in [0.25, 0.3) is 0 Å². The normalized spacial score (nSPS) is 35.3. The van der Waals surface area contributed by atoms with E-state index in [4.69, 9.17) is 4.74 Å². The second-order valence-corrected chi connectivity index (χ2v) is 5.55. The van der Waals surface area contributed by atoms with Gasteiger partial charge in [-0.3, -0.25) is 9.59 Å². The van der Waals surface area contributed by atoms with Crippen LogP contribution in [0.4, 0.5) is 8.78 Å². The minimum atomic E-state index is -2.65. The lowest BCUT2D eigenvalue weighted by Crippen LogP contribution is -2.38. The molecule has 3 nitrogen and oxygen atoms in total. The molecule has 0 spiro atoms. The van der Waals surface area contributed by atoms with Crippen LogP contribution in [0, 0.1) is 11.3 Å². The highest BCUT2D eigenvalue weighted by Crippen LogP contribution is 2.45.